The Morgan fingerprint density at radius 2 is 1.88 bits per heavy atom. The van der Waals surface area contributed by atoms with Crippen molar-refractivity contribution in [2.75, 3.05) is 46.8 Å². The minimum absolute atomic E-state index is 0.0673. The SMILES string of the molecule is CN1CN(c2c(Cl)cccc2Cl)C(=O)c2cnc(Nc3ccc(N4CC5CC4CN5C(=O)OC(C)(C)C)c(CO)c3)nc21. The first kappa shape index (κ1) is 29.3. The van der Waals surface area contributed by atoms with Gasteiger partial charge in [-0.25, -0.2) is 9.78 Å². The Kier molecular flexibility index (Phi) is 7.52. The van der Waals surface area contributed by atoms with Gasteiger partial charge >= 0.3 is 6.09 Å². The van der Waals surface area contributed by atoms with Crippen LogP contribution in [0.5, 0.6) is 0 Å². The average molecular weight is 627 g/mol. The molecule has 0 radical (unpaired) electrons. The Hall–Kier alpha value is -3.80. The number of ether oxygens (including phenoxy) is 1. The predicted octanol–water partition coefficient (Wildman–Crippen LogP) is 5.27. The zero-order valence-corrected chi connectivity index (χ0v) is 25.9. The van der Waals surface area contributed by atoms with E-state index in [0.29, 0.717) is 51.8 Å². The van der Waals surface area contributed by atoms with E-state index in [-0.39, 0.29) is 37.4 Å². The van der Waals surface area contributed by atoms with Crippen LogP contribution in [-0.4, -0.2) is 76.5 Å². The number of likely N-dealkylation sites (tertiary alicyclic amines) is 1. The number of aliphatic hydroxyl groups excluding tert-OH is 1. The molecule has 4 heterocycles. The standard InChI is InChI=1S/C30H33Cl2N7O4/c1-30(2,3)43-29(42)38-14-19-11-20(38)13-37(19)24-9-8-18(10-17(24)15-40)34-28-33-12-21-26(35-28)36(4)16-39(27(21)41)25-22(31)6-5-7-23(25)32/h5-10,12,19-20,40H,11,13-16H2,1-4H3,(H,33,34,35). The van der Waals surface area contributed by atoms with Crippen LogP contribution in [0.1, 0.15) is 43.1 Å². The van der Waals surface area contributed by atoms with Gasteiger partial charge in [0, 0.05) is 49.3 Å². The van der Waals surface area contributed by atoms with Crippen LogP contribution in [0, 0.1) is 0 Å². The summed E-state index contributed by atoms with van der Waals surface area (Å²) in [6, 6.07) is 11.1. The molecular weight excluding hydrogens is 593 g/mol. The van der Waals surface area contributed by atoms with Crippen molar-refractivity contribution in [1.29, 1.82) is 0 Å². The fourth-order valence-electron chi connectivity index (χ4n) is 5.99. The lowest BCUT2D eigenvalue weighted by atomic mass is 10.1. The average Bonchev–Trinajstić information content (AvgIpc) is 3.56. The normalized spacial score (nSPS) is 19.7. The third-order valence-corrected chi connectivity index (χ3v) is 8.46. The monoisotopic (exact) mass is 625 g/mol. The van der Waals surface area contributed by atoms with Crippen molar-refractivity contribution in [3.63, 3.8) is 0 Å². The molecule has 2 atom stereocenters. The molecule has 2 fully saturated rings. The summed E-state index contributed by atoms with van der Waals surface area (Å²) < 4.78 is 5.59. The third-order valence-electron chi connectivity index (χ3n) is 7.85. The number of aromatic nitrogens is 2. The number of nitrogens with zero attached hydrogens (tertiary/aromatic N) is 6. The van der Waals surface area contributed by atoms with Crippen LogP contribution >= 0.6 is 23.2 Å². The van der Waals surface area contributed by atoms with Crippen LogP contribution in [0.3, 0.4) is 0 Å². The molecule has 2 amide bonds. The number of halogens is 2. The highest BCUT2D eigenvalue weighted by molar-refractivity contribution is 6.40. The van der Waals surface area contributed by atoms with Crippen LogP contribution in [0.25, 0.3) is 0 Å². The maximum absolute atomic E-state index is 13.4. The number of aliphatic hydroxyl groups is 1. The number of carbonyl (C=O) groups is 2. The maximum Gasteiger partial charge on any atom is 0.410 e. The first-order valence-electron chi connectivity index (χ1n) is 14.0. The number of carbonyl (C=O) groups excluding carboxylic acids is 2. The van der Waals surface area contributed by atoms with Gasteiger partial charge in [0.25, 0.3) is 5.91 Å². The Morgan fingerprint density at radius 3 is 2.53 bits per heavy atom. The molecule has 13 heteroatoms. The number of benzene rings is 2. The van der Waals surface area contributed by atoms with Crippen LogP contribution in [0.15, 0.2) is 42.6 Å². The highest BCUT2D eigenvalue weighted by atomic mass is 35.5. The van der Waals surface area contributed by atoms with Crippen molar-refractivity contribution < 1.29 is 19.4 Å². The van der Waals surface area contributed by atoms with Crippen molar-refractivity contribution in [3.8, 4) is 0 Å². The van der Waals surface area contributed by atoms with Crippen molar-refractivity contribution in [1.82, 2.24) is 14.9 Å². The number of hydrogen-bond acceptors (Lipinski definition) is 9. The van der Waals surface area contributed by atoms with Crippen LogP contribution in [-0.2, 0) is 11.3 Å². The minimum atomic E-state index is -0.538. The molecule has 226 valence electrons. The molecule has 3 aliphatic rings. The van der Waals surface area contributed by atoms with Gasteiger partial charge in [-0.05, 0) is 57.5 Å². The zero-order chi connectivity index (χ0) is 30.6. The topological polar surface area (TPSA) is 114 Å². The number of piperazine rings is 1. The summed E-state index contributed by atoms with van der Waals surface area (Å²) in [4.78, 5) is 42.5. The number of nitrogens with one attached hydrogen (secondary N) is 1. The second-order valence-electron chi connectivity index (χ2n) is 12.0. The van der Waals surface area contributed by atoms with E-state index in [1.807, 2.05) is 55.8 Å². The number of hydrogen-bond donors (Lipinski definition) is 2. The summed E-state index contributed by atoms with van der Waals surface area (Å²) in [6.45, 7) is 6.92. The van der Waals surface area contributed by atoms with Gasteiger partial charge in [0.05, 0.1) is 35.1 Å². The summed E-state index contributed by atoms with van der Waals surface area (Å²) in [5, 5.41) is 14.2. The number of fused-ring (bicyclic) bond motifs is 3. The molecule has 1 aromatic heterocycles. The lowest BCUT2D eigenvalue weighted by molar-refractivity contribution is 0.0214. The molecule has 11 nitrogen and oxygen atoms in total. The number of amides is 2. The van der Waals surface area contributed by atoms with E-state index in [1.54, 1.807) is 18.2 Å². The first-order valence-corrected chi connectivity index (χ1v) is 14.8. The first-order chi connectivity index (χ1) is 20.4. The Labute approximate surface area is 260 Å². The molecule has 2 bridgehead atoms. The van der Waals surface area contributed by atoms with Crippen molar-refractivity contribution in [3.05, 3.63) is 63.8 Å². The van der Waals surface area contributed by atoms with Gasteiger partial charge in [0.1, 0.15) is 17.0 Å². The summed E-state index contributed by atoms with van der Waals surface area (Å²) in [5.41, 5.74) is 2.60. The minimum Gasteiger partial charge on any atom is -0.444 e. The molecule has 3 aliphatic heterocycles. The second kappa shape index (κ2) is 11.0. The Morgan fingerprint density at radius 1 is 1.14 bits per heavy atom. The summed E-state index contributed by atoms with van der Waals surface area (Å²) in [7, 11) is 1.83. The molecular formula is C30H33Cl2N7O4. The smallest absolute Gasteiger partial charge is 0.410 e. The summed E-state index contributed by atoms with van der Waals surface area (Å²) in [6.07, 6.45) is 2.07. The van der Waals surface area contributed by atoms with Gasteiger partial charge in [-0.3, -0.25) is 9.69 Å². The van der Waals surface area contributed by atoms with Crippen LogP contribution in [0.2, 0.25) is 10.0 Å². The predicted molar refractivity (Wildman–Crippen MR) is 167 cm³/mol. The lowest BCUT2D eigenvalue weighted by Gasteiger charge is -2.37. The Bertz CT molecular complexity index is 1580. The van der Waals surface area contributed by atoms with Gasteiger partial charge < -0.3 is 29.9 Å². The van der Waals surface area contributed by atoms with E-state index in [2.05, 4.69) is 20.2 Å². The molecule has 2 unspecified atom stereocenters. The molecule has 0 spiro atoms. The van der Waals surface area contributed by atoms with Crippen LogP contribution in [0.4, 0.5) is 33.6 Å². The van der Waals surface area contributed by atoms with Gasteiger partial charge in [-0.2, -0.15) is 4.98 Å². The number of anilines is 5. The lowest BCUT2D eigenvalue weighted by Crippen LogP contribution is -2.50. The highest BCUT2D eigenvalue weighted by Crippen LogP contribution is 2.39. The molecule has 2 saturated heterocycles. The van der Waals surface area contributed by atoms with Crippen LogP contribution < -0.4 is 20.0 Å². The van der Waals surface area contributed by atoms with Crippen molar-refractivity contribution >= 4 is 64.0 Å². The van der Waals surface area contributed by atoms with Crippen molar-refractivity contribution in [2.24, 2.45) is 0 Å². The van der Waals surface area contributed by atoms with E-state index in [9.17, 15) is 14.7 Å². The molecule has 43 heavy (non-hydrogen) atoms. The van der Waals surface area contributed by atoms with E-state index >= 15 is 0 Å². The van der Waals surface area contributed by atoms with Crippen molar-refractivity contribution in [2.45, 2.75) is 51.5 Å². The molecule has 2 aromatic carbocycles. The van der Waals surface area contributed by atoms with E-state index in [4.69, 9.17) is 27.9 Å². The quantitative estimate of drug-likeness (QED) is 0.391. The summed E-state index contributed by atoms with van der Waals surface area (Å²) in [5.74, 6) is 0.489. The fraction of sp³-hybridized carbons (Fsp3) is 0.400. The molecule has 0 aliphatic carbocycles. The van der Waals surface area contributed by atoms with Gasteiger partial charge in [-0.1, -0.05) is 29.3 Å². The molecule has 2 N–H and O–H groups in total. The Balaban J connectivity index is 1.17. The number of rotatable bonds is 5. The fourth-order valence-corrected chi connectivity index (χ4v) is 6.59. The van der Waals surface area contributed by atoms with E-state index in [0.717, 1.165) is 17.7 Å². The molecule has 0 saturated carbocycles. The zero-order valence-electron chi connectivity index (χ0n) is 24.3. The van der Waals surface area contributed by atoms with E-state index in [1.165, 1.54) is 11.1 Å². The van der Waals surface area contributed by atoms with Gasteiger partial charge in [0.15, 0.2) is 0 Å². The third kappa shape index (κ3) is 5.52. The van der Waals surface area contributed by atoms with Gasteiger partial charge in [-0.15, -0.1) is 0 Å². The highest BCUT2D eigenvalue weighted by Gasteiger charge is 2.47. The molecule has 6 rings (SSSR count). The maximum atomic E-state index is 13.4. The van der Waals surface area contributed by atoms with Gasteiger partial charge in [0.2, 0.25) is 5.95 Å². The number of para-hydroxylation sites is 1. The van der Waals surface area contributed by atoms with E-state index < -0.39 is 5.60 Å². The largest absolute Gasteiger partial charge is 0.444 e. The molecule has 3 aromatic rings. The summed E-state index contributed by atoms with van der Waals surface area (Å²) >= 11 is 12.7. The second-order valence-corrected chi connectivity index (χ2v) is 12.8.